The van der Waals surface area contributed by atoms with Crippen molar-refractivity contribution in [3.05, 3.63) is 11.7 Å². The second-order valence-electron chi connectivity index (χ2n) is 3.41. The first-order valence-corrected chi connectivity index (χ1v) is 5.63. The Morgan fingerprint density at radius 2 is 2.33 bits per heavy atom. The maximum absolute atomic E-state index is 5.65. The van der Waals surface area contributed by atoms with Crippen LogP contribution in [0.2, 0.25) is 0 Å². The Labute approximate surface area is 124 Å². The SMILES string of the molecule is CCOCCCNC(N)=NCc1noc(C)n1.I. The Morgan fingerprint density at radius 1 is 1.56 bits per heavy atom. The first-order valence-electron chi connectivity index (χ1n) is 5.63. The summed E-state index contributed by atoms with van der Waals surface area (Å²) < 4.78 is 10.0. The van der Waals surface area contributed by atoms with E-state index in [0.29, 0.717) is 24.2 Å². The molecule has 0 radical (unpaired) electrons. The Morgan fingerprint density at radius 3 is 2.94 bits per heavy atom. The summed E-state index contributed by atoms with van der Waals surface area (Å²) in [5.41, 5.74) is 5.65. The number of nitrogens with zero attached hydrogens (tertiary/aromatic N) is 3. The molecule has 1 aromatic rings. The monoisotopic (exact) mass is 369 g/mol. The van der Waals surface area contributed by atoms with Gasteiger partial charge in [0.15, 0.2) is 11.8 Å². The first kappa shape index (κ1) is 17.1. The molecule has 0 fully saturated rings. The fourth-order valence-electron chi connectivity index (χ4n) is 1.15. The number of halogens is 1. The topological polar surface area (TPSA) is 98.6 Å². The molecule has 0 bridgehead atoms. The minimum atomic E-state index is 0. The van der Waals surface area contributed by atoms with E-state index < -0.39 is 0 Å². The van der Waals surface area contributed by atoms with Crippen LogP contribution in [0.3, 0.4) is 0 Å². The Balaban J connectivity index is 0.00000289. The average molecular weight is 369 g/mol. The fourth-order valence-corrected chi connectivity index (χ4v) is 1.15. The van der Waals surface area contributed by atoms with Crippen molar-refractivity contribution in [3.63, 3.8) is 0 Å². The van der Waals surface area contributed by atoms with Crippen LogP contribution in [0, 0.1) is 6.92 Å². The summed E-state index contributed by atoms with van der Waals surface area (Å²) >= 11 is 0. The standard InChI is InChI=1S/C10H19N5O2.HI/c1-3-16-6-4-5-12-10(11)13-7-9-14-8(2)17-15-9;/h3-7H2,1-2H3,(H3,11,12,13);1H. The molecule has 0 aliphatic rings. The molecule has 1 heterocycles. The first-order chi connectivity index (χ1) is 8.22. The molecule has 0 aliphatic heterocycles. The van der Waals surface area contributed by atoms with Gasteiger partial charge in [0, 0.05) is 26.7 Å². The highest BCUT2D eigenvalue weighted by atomic mass is 127. The maximum atomic E-state index is 5.65. The van der Waals surface area contributed by atoms with Crippen LogP contribution >= 0.6 is 24.0 Å². The summed E-state index contributed by atoms with van der Waals surface area (Å²) in [5, 5.41) is 6.69. The average Bonchev–Trinajstić information content (AvgIpc) is 2.72. The molecule has 0 saturated carbocycles. The zero-order chi connectivity index (χ0) is 12.5. The van der Waals surface area contributed by atoms with Gasteiger partial charge in [0.1, 0.15) is 6.54 Å². The van der Waals surface area contributed by atoms with Crippen LogP contribution in [-0.2, 0) is 11.3 Å². The molecule has 0 aromatic carbocycles. The van der Waals surface area contributed by atoms with Crippen LogP contribution in [0.1, 0.15) is 25.1 Å². The minimum Gasteiger partial charge on any atom is -0.382 e. The highest BCUT2D eigenvalue weighted by Crippen LogP contribution is 1.95. The number of guanidine groups is 1. The molecule has 8 heteroatoms. The van der Waals surface area contributed by atoms with E-state index in [1.165, 1.54) is 0 Å². The van der Waals surface area contributed by atoms with Crippen molar-refractivity contribution < 1.29 is 9.26 Å². The quantitative estimate of drug-likeness (QED) is 0.320. The molecular weight excluding hydrogens is 349 g/mol. The summed E-state index contributed by atoms with van der Waals surface area (Å²) in [7, 11) is 0. The summed E-state index contributed by atoms with van der Waals surface area (Å²) in [5.74, 6) is 1.43. The molecule has 7 nitrogen and oxygen atoms in total. The predicted octanol–water partition coefficient (Wildman–Crippen LogP) is 0.827. The molecular formula is C10H20IN5O2. The molecule has 0 atom stereocenters. The third-order valence-corrected chi connectivity index (χ3v) is 1.94. The van der Waals surface area contributed by atoms with E-state index in [1.54, 1.807) is 6.92 Å². The number of nitrogens with two attached hydrogens (primary N) is 1. The maximum Gasteiger partial charge on any atom is 0.223 e. The number of aliphatic imine (C=N–C) groups is 1. The second kappa shape index (κ2) is 10.1. The second-order valence-corrected chi connectivity index (χ2v) is 3.41. The van der Waals surface area contributed by atoms with Gasteiger partial charge in [-0.25, -0.2) is 4.99 Å². The van der Waals surface area contributed by atoms with Crippen molar-refractivity contribution in [2.75, 3.05) is 19.8 Å². The molecule has 0 saturated heterocycles. The van der Waals surface area contributed by atoms with E-state index in [-0.39, 0.29) is 24.0 Å². The summed E-state index contributed by atoms with van der Waals surface area (Å²) in [6.45, 7) is 6.22. The van der Waals surface area contributed by atoms with Crippen LogP contribution in [0.5, 0.6) is 0 Å². The van der Waals surface area contributed by atoms with Crippen molar-refractivity contribution in [3.8, 4) is 0 Å². The fraction of sp³-hybridized carbons (Fsp3) is 0.700. The van der Waals surface area contributed by atoms with Crippen molar-refractivity contribution in [2.45, 2.75) is 26.8 Å². The molecule has 0 spiro atoms. The van der Waals surface area contributed by atoms with E-state index in [9.17, 15) is 0 Å². The smallest absolute Gasteiger partial charge is 0.223 e. The van der Waals surface area contributed by atoms with Crippen LogP contribution in [0.4, 0.5) is 0 Å². The third-order valence-electron chi connectivity index (χ3n) is 1.94. The Kier molecular flexibility index (Phi) is 9.56. The highest BCUT2D eigenvalue weighted by molar-refractivity contribution is 14.0. The number of hydrogen-bond donors (Lipinski definition) is 2. The number of rotatable bonds is 7. The van der Waals surface area contributed by atoms with Gasteiger partial charge in [-0.1, -0.05) is 5.16 Å². The molecule has 1 aromatic heterocycles. The van der Waals surface area contributed by atoms with Crippen LogP contribution in [0.15, 0.2) is 9.52 Å². The van der Waals surface area contributed by atoms with Gasteiger partial charge in [-0.05, 0) is 13.3 Å². The minimum absolute atomic E-state index is 0. The van der Waals surface area contributed by atoms with Gasteiger partial charge in [0.05, 0.1) is 0 Å². The lowest BCUT2D eigenvalue weighted by atomic mass is 10.4. The molecule has 3 N–H and O–H groups in total. The van der Waals surface area contributed by atoms with Crippen molar-refractivity contribution >= 4 is 29.9 Å². The zero-order valence-electron chi connectivity index (χ0n) is 10.7. The largest absolute Gasteiger partial charge is 0.382 e. The number of aromatic nitrogens is 2. The molecule has 0 unspecified atom stereocenters. The van der Waals surface area contributed by atoms with Gasteiger partial charge >= 0.3 is 0 Å². The molecule has 0 amide bonds. The van der Waals surface area contributed by atoms with E-state index in [1.807, 2.05) is 6.92 Å². The van der Waals surface area contributed by atoms with E-state index in [2.05, 4.69) is 20.4 Å². The lowest BCUT2D eigenvalue weighted by Crippen LogP contribution is -2.32. The molecule has 104 valence electrons. The van der Waals surface area contributed by atoms with Crippen molar-refractivity contribution in [2.24, 2.45) is 10.7 Å². The van der Waals surface area contributed by atoms with Gasteiger partial charge in [-0.3, -0.25) is 0 Å². The normalized spacial score (nSPS) is 11.1. The number of nitrogens with one attached hydrogen (secondary N) is 1. The van der Waals surface area contributed by atoms with Gasteiger partial charge < -0.3 is 20.3 Å². The summed E-state index contributed by atoms with van der Waals surface area (Å²) in [6, 6.07) is 0. The van der Waals surface area contributed by atoms with E-state index >= 15 is 0 Å². The van der Waals surface area contributed by atoms with E-state index in [0.717, 1.165) is 26.2 Å². The van der Waals surface area contributed by atoms with Crippen LogP contribution in [0.25, 0.3) is 0 Å². The number of hydrogen-bond acceptors (Lipinski definition) is 5. The van der Waals surface area contributed by atoms with Crippen LogP contribution in [-0.4, -0.2) is 35.9 Å². The molecule has 0 aliphatic carbocycles. The van der Waals surface area contributed by atoms with Gasteiger partial charge in [0.25, 0.3) is 0 Å². The lowest BCUT2D eigenvalue weighted by molar-refractivity contribution is 0.145. The van der Waals surface area contributed by atoms with Gasteiger partial charge in [-0.2, -0.15) is 4.98 Å². The number of aryl methyl sites for hydroxylation is 1. The van der Waals surface area contributed by atoms with Crippen molar-refractivity contribution in [1.29, 1.82) is 0 Å². The van der Waals surface area contributed by atoms with Gasteiger partial charge in [0.2, 0.25) is 5.89 Å². The Hall–Kier alpha value is -0.900. The third kappa shape index (κ3) is 7.43. The summed E-state index contributed by atoms with van der Waals surface area (Å²) in [4.78, 5) is 8.10. The van der Waals surface area contributed by atoms with Crippen molar-refractivity contribution in [1.82, 2.24) is 15.5 Å². The van der Waals surface area contributed by atoms with E-state index in [4.69, 9.17) is 15.0 Å². The van der Waals surface area contributed by atoms with Gasteiger partial charge in [-0.15, -0.1) is 24.0 Å². The lowest BCUT2D eigenvalue weighted by Gasteiger charge is -2.04. The van der Waals surface area contributed by atoms with Crippen LogP contribution < -0.4 is 11.1 Å². The molecule has 18 heavy (non-hydrogen) atoms. The summed E-state index contributed by atoms with van der Waals surface area (Å²) in [6.07, 6.45) is 0.894. The zero-order valence-corrected chi connectivity index (χ0v) is 13.0. The number of ether oxygens (including phenoxy) is 1. The Bertz CT molecular complexity index is 356. The molecule has 1 rings (SSSR count). The predicted molar refractivity (Wildman–Crippen MR) is 78.9 cm³/mol. The highest BCUT2D eigenvalue weighted by Gasteiger charge is 2.00.